The van der Waals surface area contributed by atoms with Gasteiger partial charge in [0.1, 0.15) is 11.6 Å². The van der Waals surface area contributed by atoms with Crippen LogP contribution >= 0.6 is 0 Å². The molecule has 0 radical (unpaired) electrons. The molecule has 1 atom stereocenters. The summed E-state index contributed by atoms with van der Waals surface area (Å²) in [4.78, 5) is 15.0. The van der Waals surface area contributed by atoms with E-state index in [1.54, 1.807) is 4.90 Å². The molecule has 0 N–H and O–H groups in total. The van der Waals surface area contributed by atoms with Gasteiger partial charge in [-0.1, -0.05) is 18.6 Å². The third-order valence-electron chi connectivity index (χ3n) is 6.24. The van der Waals surface area contributed by atoms with Crippen LogP contribution in [0.4, 0.5) is 13.2 Å². The van der Waals surface area contributed by atoms with Crippen molar-refractivity contribution < 1.29 is 22.4 Å². The summed E-state index contributed by atoms with van der Waals surface area (Å²) in [6.45, 7) is 1.43. The lowest BCUT2D eigenvalue weighted by Gasteiger charge is -2.23. The number of aryl methyl sites for hydroxylation is 1. The van der Waals surface area contributed by atoms with Gasteiger partial charge in [-0.15, -0.1) is 10.2 Å². The second-order valence-corrected chi connectivity index (χ2v) is 8.34. The van der Waals surface area contributed by atoms with E-state index in [0.29, 0.717) is 6.54 Å². The maximum Gasteiger partial charge on any atom is 0.416 e. The van der Waals surface area contributed by atoms with Crippen molar-refractivity contribution >= 4 is 5.91 Å². The van der Waals surface area contributed by atoms with Gasteiger partial charge in [-0.2, -0.15) is 13.2 Å². The predicted molar refractivity (Wildman–Crippen MR) is 110 cm³/mol. The summed E-state index contributed by atoms with van der Waals surface area (Å²) in [7, 11) is 0. The number of amides is 1. The van der Waals surface area contributed by atoms with Gasteiger partial charge in [-0.05, 0) is 49.9 Å². The molecule has 0 bridgehead atoms. The zero-order chi connectivity index (χ0) is 22.3. The first kappa shape index (κ1) is 20.8. The Kier molecular flexibility index (Phi) is 5.27. The van der Waals surface area contributed by atoms with Crippen molar-refractivity contribution in [1.82, 2.24) is 19.7 Å². The molecule has 0 spiro atoms. The summed E-state index contributed by atoms with van der Waals surface area (Å²) in [6, 6.07) is 7.78. The van der Waals surface area contributed by atoms with Gasteiger partial charge in [0, 0.05) is 25.1 Å². The summed E-state index contributed by atoms with van der Waals surface area (Å²) in [5, 5.41) is 8.77. The van der Waals surface area contributed by atoms with Crippen LogP contribution in [0.3, 0.4) is 0 Å². The Bertz CT molecular complexity index is 1130. The molecular formula is C23H23F3N4O2. The topological polar surface area (TPSA) is 64.2 Å². The first-order valence-corrected chi connectivity index (χ1v) is 10.9. The Hall–Kier alpha value is -3.10. The number of benzene rings is 1. The van der Waals surface area contributed by atoms with Crippen LogP contribution in [0.25, 0.3) is 11.3 Å². The molecule has 9 heteroatoms. The van der Waals surface area contributed by atoms with E-state index in [1.807, 2.05) is 0 Å². The zero-order valence-electron chi connectivity index (χ0n) is 17.4. The molecule has 2 aromatic heterocycles. The van der Waals surface area contributed by atoms with Crippen molar-refractivity contribution in [2.24, 2.45) is 0 Å². The summed E-state index contributed by atoms with van der Waals surface area (Å²) in [6.07, 6.45) is 1.41. The second kappa shape index (κ2) is 8.11. The summed E-state index contributed by atoms with van der Waals surface area (Å²) in [5.74, 6) is 1.85. The van der Waals surface area contributed by atoms with Crippen LogP contribution in [0.2, 0.25) is 0 Å². The van der Waals surface area contributed by atoms with E-state index in [2.05, 4.69) is 14.8 Å². The molecule has 0 saturated carbocycles. The number of carbonyl (C=O) groups is 1. The van der Waals surface area contributed by atoms with Crippen molar-refractivity contribution in [3.8, 4) is 11.3 Å². The number of hydrogen-bond donors (Lipinski definition) is 0. The van der Waals surface area contributed by atoms with E-state index in [1.165, 1.54) is 24.3 Å². The lowest BCUT2D eigenvalue weighted by Crippen LogP contribution is -2.32. The third kappa shape index (κ3) is 3.80. The minimum atomic E-state index is -4.44. The smallest absolute Gasteiger partial charge is 0.416 e. The normalized spacial score (nSPS) is 19.1. The first-order chi connectivity index (χ1) is 15.4. The average molecular weight is 444 g/mol. The molecule has 4 heterocycles. The third-order valence-corrected chi connectivity index (χ3v) is 6.24. The van der Waals surface area contributed by atoms with Crippen LogP contribution in [-0.2, 0) is 19.1 Å². The number of halogens is 3. The number of alkyl halides is 3. The first-order valence-electron chi connectivity index (χ1n) is 10.9. The molecule has 32 heavy (non-hydrogen) atoms. The summed E-state index contributed by atoms with van der Waals surface area (Å²) in [5.41, 5.74) is -0.481. The lowest BCUT2D eigenvalue weighted by atomic mass is 10.1. The van der Waals surface area contributed by atoms with Crippen molar-refractivity contribution in [1.29, 1.82) is 0 Å². The number of furan rings is 1. The van der Waals surface area contributed by atoms with Gasteiger partial charge >= 0.3 is 6.18 Å². The van der Waals surface area contributed by atoms with Gasteiger partial charge in [0.15, 0.2) is 11.6 Å². The maximum atomic E-state index is 13.3. The molecule has 1 amide bonds. The minimum Gasteiger partial charge on any atom is -0.451 e. The quantitative estimate of drug-likeness (QED) is 0.553. The minimum absolute atomic E-state index is 0.111. The highest BCUT2D eigenvalue weighted by Gasteiger charge is 2.36. The zero-order valence-corrected chi connectivity index (χ0v) is 17.4. The Morgan fingerprint density at radius 2 is 1.91 bits per heavy atom. The van der Waals surface area contributed by atoms with Gasteiger partial charge in [0.05, 0.1) is 11.6 Å². The Morgan fingerprint density at radius 1 is 1.03 bits per heavy atom. The number of carbonyl (C=O) groups excluding carboxylic acids is 1. The van der Waals surface area contributed by atoms with Crippen molar-refractivity contribution in [3.63, 3.8) is 0 Å². The van der Waals surface area contributed by atoms with Gasteiger partial charge in [0.2, 0.25) is 0 Å². The van der Waals surface area contributed by atoms with Crippen LogP contribution in [-0.4, -0.2) is 32.1 Å². The number of rotatable bonds is 3. The van der Waals surface area contributed by atoms with Crippen molar-refractivity contribution in [2.45, 2.75) is 57.3 Å². The van der Waals surface area contributed by atoms with Crippen LogP contribution in [0.5, 0.6) is 0 Å². The van der Waals surface area contributed by atoms with Crippen molar-refractivity contribution in [2.75, 3.05) is 6.54 Å². The van der Waals surface area contributed by atoms with Gasteiger partial charge in [-0.3, -0.25) is 4.79 Å². The molecule has 1 fully saturated rings. The molecule has 0 aliphatic carbocycles. The van der Waals surface area contributed by atoms with Crippen LogP contribution in [0.15, 0.2) is 40.8 Å². The number of fused-ring (bicyclic) bond motifs is 1. The largest absolute Gasteiger partial charge is 0.451 e. The second-order valence-electron chi connectivity index (χ2n) is 8.34. The fraction of sp³-hybridized carbons (Fsp3) is 0.435. The lowest BCUT2D eigenvalue weighted by molar-refractivity contribution is -0.137. The fourth-order valence-electron chi connectivity index (χ4n) is 4.63. The molecule has 1 aromatic carbocycles. The predicted octanol–water partition coefficient (Wildman–Crippen LogP) is 5.26. The molecule has 5 rings (SSSR count). The number of aromatic nitrogens is 3. The van der Waals surface area contributed by atoms with Crippen LogP contribution < -0.4 is 0 Å². The number of likely N-dealkylation sites (tertiary alicyclic amines) is 1. The molecule has 2 aliphatic rings. The highest BCUT2D eigenvalue weighted by Crippen LogP contribution is 2.35. The van der Waals surface area contributed by atoms with Crippen molar-refractivity contribution in [3.05, 3.63) is 59.4 Å². The van der Waals surface area contributed by atoms with E-state index >= 15 is 0 Å². The molecular weight excluding hydrogens is 421 g/mol. The Balaban J connectivity index is 1.40. The van der Waals surface area contributed by atoms with Gasteiger partial charge in [-0.25, -0.2) is 0 Å². The SMILES string of the molecule is O=C(c1ccc(-c2cccc(C(F)(F)F)c2)o1)N1CCCC1c1nnc2n1CCCCC2. The van der Waals surface area contributed by atoms with Gasteiger partial charge in [0.25, 0.3) is 5.91 Å². The number of nitrogens with zero attached hydrogens (tertiary/aromatic N) is 4. The van der Waals surface area contributed by atoms with E-state index in [-0.39, 0.29) is 29.0 Å². The molecule has 168 valence electrons. The monoisotopic (exact) mass is 444 g/mol. The van der Waals surface area contributed by atoms with Gasteiger partial charge < -0.3 is 13.9 Å². The standard InChI is InChI=1S/C23H23F3N4O2/c24-23(25,26)16-7-4-6-15(14-16)18-10-11-19(32-18)22(31)29-13-5-8-17(29)21-28-27-20-9-2-1-3-12-30(20)21/h4,6-7,10-11,14,17H,1-3,5,8-9,12-13H2. The van der Waals surface area contributed by atoms with Crippen LogP contribution in [0, 0.1) is 0 Å². The molecule has 6 nitrogen and oxygen atoms in total. The number of hydrogen-bond acceptors (Lipinski definition) is 4. The van der Waals surface area contributed by atoms with E-state index in [0.717, 1.165) is 68.9 Å². The summed E-state index contributed by atoms with van der Waals surface area (Å²) >= 11 is 0. The Labute approximate surface area is 183 Å². The Morgan fingerprint density at radius 3 is 2.75 bits per heavy atom. The van der Waals surface area contributed by atoms with E-state index in [9.17, 15) is 18.0 Å². The fourth-order valence-corrected chi connectivity index (χ4v) is 4.63. The van der Waals surface area contributed by atoms with Crippen LogP contribution in [0.1, 0.15) is 65.9 Å². The average Bonchev–Trinajstić information content (AvgIpc) is 3.50. The highest BCUT2D eigenvalue weighted by molar-refractivity contribution is 5.92. The van der Waals surface area contributed by atoms with E-state index in [4.69, 9.17) is 4.42 Å². The molecule has 1 unspecified atom stereocenters. The maximum absolute atomic E-state index is 13.3. The van der Waals surface area contributed by atoms with E-state index < -0.39 is 11.7 Å². The molecule has 2 aliphatic heterocycles. The molecule has 3 aromatic rings. The molecule has 1 saturated heterocycles. The summed E-state index contributed by atoms with van der Waals surface area (Å²) < 4.78 is 47.0. The highest BCUT2D eigenvalue weighted by atomic mass is 19.4.